The summed E-state index contributed by atoms with van der Waals surface area (Å²) < 4.78 is 21.7. The molecule has 2 unspecified atom stereocenters. The molecule has 0 aromatic carbocycles. The van der Waals surface area contributed by atoms with Crippen LogP contribution in [0.4, 0.5) is 0 Å². The van der Waals surface area contributed by atoms with Crippen molar-refractivity contribution in [1.82, 2.24) is 0 Å². The summed E-state index contributed by atoms with van der Waals surface area (Å²) in [4.78, 5) is 0. The van der Waals surface area contributed by atoms with Crippen molar-refractivity contribution in [3.8, 4) is 0 Å². The van der Waals surface area contributed by atoms with Gasteiger partial charge < -0.3 is 0 Å². The lowest BCUT2D eigenvalue weighted by Crippen LogP contribution is -2.38. The highest BCUT2D eigenvalue weighted by molar-refractivity contribution is 7.81. The Morgan fingerprint density at radius 3 is 2.79 bits per heavy atom. The van der Waals surface area contributed by atoms with Gasteiger partial charge in [-0.25, -0.2) is 4.57 Å². The SMILES string of the molecule is CCCCC1OP(=O)(Cl)OCC1(C)C. The molecule has 1 aliphatic rings. The van der Waals surface area contributed by atoms with Crippen molar-refractivity contribution in [2.45, 2.75) is 46.1 Å². The van der Waals surface area contributed by atoms with Gasteiger partial charge in [-0.3, -0.25) is 9.05 Å². The second-order valence-electron chi connectivity index (χ2n) is 4.43. The lowest BCUT2D eigenvalue weighted by atomic mass is 9.85. The molecule has 2 atom stereocenters. The molecule has 1 fully saturated rings. The summed E-state index contributed by atoms with van der Waals surface area (Å²) in [5.41, 5.74) is -0.0992. The van der Waals surface area contributed by atoms with Crippen LogP contribution in [0.25, 0.3) is 0 Å². The van der Waals surface area contributed by atoms with E-state index in [1.807, 2.05) is 13.8 Å². The molecule has 14 heavy (non-hydrogen) atoms. The maximum absolute atomic E-state index is 11.4. The smallest absolute Gasteiger partial charge is 0.296 e. The molecule has 1 aliphatic heterocycles. The van der Waals surface area contributed by atoms with Crippen LogP contribution < -0.4 is 0 Å². The van der Waals surface area contributed by atoms with Crippen LogP contribution in [0.5, 0.6) is 0 Å². The average Bonchev–Trinajstić information content (AvgIpc) is 2.07. The first-order chi connectivity index (χ1) is 6.37. The van der Waals surface area contributed by atoms with Gasteiger partial charge in [-0.1, -0.05) is 33.6 Å². The summed E-state index contributed by atoms with van der Waals surface area (Å²) in [5.74, 6) is 0. The van der Waals surface area contributed by atoms with Crippen LogP contribution in [-0.4, -0.2) is 12.7 Å². The molecular formula is C9H18ClO3P. The highest BCUT2D eigenvalue weighted by Gasteiger charge is 2.42. The van der Waals surface area contributed by atoms with Crippen LogP contribution in [0.2, 0.25) is 0 Å². The minimum Gasteiger partial charge on any atom is -0.296 e. The molecule has 1 rings (SSSR count). The summed E-state index contributed by atoms with van der Waals surface area (Å²) in [6.07, 6.45) is 3.00. The Hall–Kier alpha value is 0.440. The van der Waals surface area contributed by atoms with E-state index in [4.69, 9.17) is 20.3 Å². The second-order valence-corrected chi connectivity index (χ2v) is 7.00. The van der Waals surface area contributed by atoms with Gasteiger partial charge in [0.25, 0.3) is 0 Å². The van der Waals surface area contributed by atoms with E-state index in [9.17, 15) is 4.57 Å². The first kappa shape index (κ1) is 12.5. The zero-order valence-electron chi connectivity index (χ0n) is 8.96. The number of halogens is 1. The Bertz CT molecular complexity index is 242. The zero-order valence-corrected chi connectivity index (χ0v) is 10.6. The van der Waals surface area contributed by atoms with Gasteiger partial charge >= 0.3 is 6.95 Å². The average molecular weight is 241 g/mol. The van der Waals surface area contributed by atoms with Crippen molar-refractivity contribution in [2.75, 3.05) is 6.61 Å². The van der Waals surface area contributed by atoms with Crippen molar-refractivity contribution in [2.24, 2.45) is 5.41 Å². The van der Waals surface area contributed by atoms with E-state index in [2.05, 4.69) is 6.92 Å². The predicted molar refractivity (Wildman–Crippen MR) is 57.6 cm³/mol. The molecule has 1 saturated heterocycles. The first-order valence-corrected chi connectivity index (χ1v) is 7.45. The molecule has 1 heterocycles. The van der Waals surface area contributed by atoms with Crippen LogP contribution in [0, 0.1) is 5.41 Å². The molecule has 0 radical (unpaired) electrons. The molecule has 84 valence electrons. The van der Waals surface area contributed by atoms with E-state index in [1.165, 1.54) is 0 Å². The maximum atomic E-state index is 11.4. The number of hydrogen-bond donors (Lipinski definition) is 0. The van der Waals surface area contributed by atoms with E-state index in [-0.39, 0.29) is 11.5 Å². The number of hydrogen-bond acceptors (Lipinski definition) is 3. The summed E-state index contributed by atoms with van der Waals surface area (Å²) in [6, 6.07) is 0. The standard InChI is InChI=1S/C9H18ClO3P/c1-4-5-6-8-9(2,3)7-12-14(10,11)13-8/h8H,4-7H2,1-3H3. The molecule has 0 spiro atoms. The third kappa shape index (κ3) is 3.23. The van der Waals surface area contributed by atoms with Gasteiger partial charge in [0.15, 0.2) is 0 Å². The molecule has 3 nitrogen and oxygen atoms in total. The summed E-state index contributed by atoms with van der Waals surface area (Å²) >= 11 is 5.58. The Morgan fingerprint density at radius 2 is 2.21 bits per heavy atom. The van der Waals surface area contributed by atoms with Crippen LogP contribution in [0.15, 0.2) is 0 Å². The van der Waals surface area contributed by atoms with Crippen molar-refractivity contribution in [3.05, 3.63) is 0 Å². The fourth-order valence-corrected chi connectivity index (χ4v) is 3.17. The topological polar surface area (TPSA) is 35.5 Å². The minimum atomic E-state index is -3.29. The van der Waals surface area contributed by atoms with Gasteiger partial charge in [-0.15, -0.1) is 0 Å². The quantitative estimate of drug-likeness (QED) is 0.701. The Balaban J connectivity index is 2.62. The molecule has 0 aromatic rings. The van der Waals surface area contributed by atoms with E-state index in [0.29, 0.717) is 6.61 Å². The van der Waals surface area contributed by atoms with Gasteiger partial charge in [-0.05, 0) is 6.42 Å². The lowest BCUT2D eigenvalue weighted by Gasteiger charge is -2.39. The molecule has 0 aromatic heterocycles. The fraction of sp³-hybridized carbons (Fsp3) is 1.00. The Morgan fingerprint density at radius 1 is 1.57 bits per heavy atom. The van der Waals surface area contributed by atoms with Crippen molar-refractivity contribution in [3.63, 3.8) is 0 Å². The Labute approximate surface area is 90.4 Å². The first-order valence-electron chi connectivity index (χ1n) is 5.00. The molecule has 0 amide bonds. The largest absolute Gasteiger partial charge is 0.424 e. The summed E-state index contributed by atoms with van der Waals surface area (Å²) in [7, 11) is 0. The normalized spacial score (nSPS) is 37.0. The van der Waals surface area contributed by atoms with Crippen molar-refractivity contribution in [1.29, 1.82) is 0 Å². The van der Waals surface area contributed by atoms with Gasteiger partial charge in [0, 0.05) is 16.7 Å². The van der Waals surface area contributed by atoms with Crippen LogP contribution in [0.3, 0.4) is 0 Å². The monoisotopic (exact) mass is 240 g/mol. The van der Waals surface area contributed by atoms with Gasteiger partial charge in [0.1, 0.15) is 0 Å². The van der Waals surface area contributed by atoms with Gasteiger partial charge in [0.05, 0.1) is 12.7 Å². The molecule has 5 heteroatoms. The molecule has 0 saturated carbocycles. The van der Waals surface area contributed by atoms with Gasteiger partial charge in [-0.2, -0.15) is 0 Å². The Kier molecular flexibility index (Phi) is 4.04. The molecule has 0 N–H and O–H groups in total. The number of unbranched alkanes of at least 4 members (excludes halogenated alkanes) is 1. The van der Waals surface area contributed by atoms with Gasteiger partial charge in [0.2, 0.25) is 0 Å². The zero-order chi connectivity index (χ0) is 10.8. The van der Waals surface area contributed by atoms with E-state index in [0.717, 1.165) is 19.3 Å². The molecule has 0 aliphatic carbocycles. The third-order valence-electron chi connectivity index (χ3n) is 2.54. The lowest BCUT2D eigenvalue weighted by molar-refractivity contribution is -0.0235. The van der Waals surface area contributed by atoms with E-state index in [1.54, 1.807) is 0 Å². The summed E-state index contributed by atoms with van der Waals surface area (Å²) in [5, 5.41) is 0. The maximum Gasteiger partial charge on any atom is 0.424 e. The highest BCUT2D eigenvalue weighted by Crippen LogP contribution is 2.60. The van der Waals surface area contributed by atoms with Crippen molar-refractivity contribution < 1.29 is 13.6 Å². The highest BCUT2D eigenvalue weighted by atomic mass is 35.7. The molecular weight excluding hydrogens is 223 g/mol. The third-order valence-corrected chi connectivity index (χ3v) is 4.01. The number of rotatable bonds is 3. The fourth-order valence-electron chi connectivity index (χ4n) is 1.49. The van der Waals surface area contributed by atoms with E-state index >= 15 is 0 Å². The van der Waals surface area contributed by atoms with E-state index < -0.39 is 6.95 Å². The molecule has 0 bridgehead atoms. The van der Waals surface area contributed by atoms with Crippen LogP contribution in [-0.2, 0) is 13.6 Å². The predicted octanol–water partition coefficient (Wildman–Crippen LogP) is 3.97. The van der Waals surface area contributed by atoms with Crippen LogP contribution in [0.1, 0.15) is 40.0 Å². The summed E-state index contributed by atoms with van der Waals surface area (Å²) in [6.45, 7) is 3.32. The van der Waals surface area contributed by atoms with Crippen LogP contribution >= 0.6 is 18.2 Å². The second kappa shape index (κ2) is 4.52. The van der Waals surface area contributed by atoms with Crippen molar-refractivity contribution >= 4 is 18.2 Å². The minimum absolute atomic E-state index is 0.0560.